The van der Waals surface area contributed by atoms with Gasteiger partial charge in [0.15, 0.2) is 0 Å². The summed E-state index contributed by atoms with van der Waals surface area (Å²) >= 11 is 0. The molecule has 2 aromatic carbocycles. The largest absolute Gasteiger partial charge is 0.391 e. The van der Waals surface area contributed by atoms with Crippen LogP contribution in [0.4, 0.5) is 0 Å². The van der Waals surface area contributed by atoms with Crippen LogP contribution in [0.25, 0.3) is 0 Å². The molecule has 0 bridgehead atoms. The molecular weight excluding hydrogens is 424 g/mol. The van der Waals surface area contributed by atoms with Crippen LogP contribution in [0, 0.1) is 0 Å². The molecule has 0 saturated heterocycles. The summed E-state index contributed by atoms with van der Waals surface area (Å²) in [4.78, 5) is 0.279. The smallest absolute Gasteiger partial charge is 0.297 e. The van der Waals surface area contributed by atoms with Crippen molar-refractivity contribution >= 4 is 10.1 Å². The molecule has 32 heavy (non-hydrogen) atoms. The van der Waals surface area contributed by atoms with E-state index in [4.69, 9.17) is 8.92 Å². The van der Waals surface area contributed by atoms with Gasteiger partial charge in [0, 0.05) is 6.42 Å². The molecule has 5 nitrogen and oxygen atoms in total. The summed E-state index contributed by atoms with van der Waals surface area (Å²) in [6.07, 6.45) is -0.627. The third-order valence-electron chi connectivity index (χ3n) is 5.44. The van der Waals surface area contributed by atoms with Crippen LogP contribution in [-0.2, 0) is 25.6 Å². The molecule has 2 aromatic rings. The van der Waals surface area contributed by atoms with Gasteiger partial charge in [0.1, 0.15) is 4.90 Å². The van der Waals surface area contributed by atoms with Gasteiger partial charge in [-0.3, -0.25) is 4.18 Å². The van der Waals surface area contributed by atoms with Gasteiger partial charge >= 0.3 is 0 Å². The van der Waals surface area contributed by atoms with Gasteiger partial charge < -0.3 is 9.84 Å². The number of benzene rings is 2. The van der Waals surface area contributed by atoms with Gasteiger partial charge in [-0.15, -0.1) is 0 Å². The van der Waals surface area contributed by atoms with Crippen LogP contribution in [0.1, 0.15) is 88.0 Å². The van der Waals surface area contributed by atoms with Crippen LogP contribution < -0.4 is 0 Å². The zero-order chi connectivity index (χ0) is 23.9. The molecule has 0 unspecified atom stereocenters. The van der Waals surface area contributed by atoms with Crippen molar-refractivity contribution in [2.45, 2.75) is 83.3 Å². The number of ether oxygens (including phenoxy) is 1. The Morgan fingerprint density at radius 2 is 1.44 bits per heavy atom. The van der Waals surface area contributed by atoms with E-state index in [0.29, 0.717) is 12.5 Å². The second kappa shape index (κ2) is 11.9. The molecule has 0 aromatic heterocycles. The maximum Gasteiger partial charge on any atom is 0.297 e. The lowest BCUT2D eigenvalue weighted by Gasteiger charge is -2.22. The molecule has 0 aliphatic rings. The molecule has 0 amide bonds. The van der Waals surface area contributed by atoms with Crippen molar-refractivity contribution in [3.8, 4) is 0 Å². The lowest BCUT2D eigenvalue weighted by molar-refractivity contribution is 0.0188. The number of aliphatic hydroxyl groups is 1. The van der Waals surface area contributed by atoms with Gasteiger partial charge in [0.25, 0.3) is 10.1 Å². The van der Waals surface area contributed by atoms with Crippen molar-refractivity contribution in [2.24, 2.45) is 0 Å². The van der Waals surface area contributed by atoms with Crippen LogP contribution in [0.2, 0.25) is 0 Å². The molecular formula is C26H38O5S. The Labute approximate surface area is 193 Å². The molecule has 0 heterocycles. The van der Waals surface area contributed by atoms with Crippen LogP contribution in [-0.4, -0.2) is 32.8 Å². The number of rotatable bonds is 12. The van der Waals surface area contributed by atoms with Crippen molar-refractivity contribution in [1.29, 1.82) is 0 Å². The summed E-state index contributed by atoms with van der Waals surface area (Å²) in [5, 5.41) is 10.2. The highest BCUT2D eigenvalue weighted by Crippen LogP contribution is 2.36. The second-order valence-electron chi connectivity index (χ2n) is 9.21. The van der Waals surface area contributed by atoms with Gasteiger partial charge in [-0.1, -0.05) is 84.0 Å². The summed E-state index contributed by atoms with van der Waals surface area (Å²) in [6, 6.07) is 13.7. The first kappa shape index (κ1) is 26.5. The molecule has 0 aliphatic heterocycles. The minimum atomic E-state index is -3.97. The number of hydrogen-bond donors (Lipinski definition) is 1. The molecule has 1 N–H and O–H groups in total. The Morgan fingerprint density at radius 3 is 1.94 bits per heavy atom. The summed E-state index contributed by atoms with van der Waals surface area (Å²) in [5.41, 5.74) is 3.71. The zero-order valence-electron chi connectivity index (χ0n) is 20.2. The average molecular weight is 463 g/mol. The quantitative estimate of drug-likeness (QED) is 0.408. The molecule has 1 atom stereocenters. The first-order valence-electron chi connectivity index (χ1n) is 11.4. The third-order valence-corrected chi connectivity index (χ3v) is 6.89. The van der Waals surface area contributed by atoms with E-state index in [2.05, 4.69) is 13.8 Å². The van der Waals surface area contributed by atoms with E-state index in [0.717, 1.165) is 22.3 Å². The summed E-state index contributed by atoms with van der Waals surface area (Å²) in [7, 11) is -3.97. The Balaban J connectivity index is 2.07. The van der Waals surface area contributed by atoms with Crippen molar-refractivity contribution in [3.05, 3.63) is 64.7 Å². The highest BCUT2D eigenvalue weighted by atomic mass is 32.2. The van der Waals surface area contributed by atoms with Gasteiger partial charge in [0.05, 0.1) is 25.9 Å². The minimum absolute atomic E-state index is 0.0385. The molecule has 2 rings (SSSR count). The van der Waals surface area contributed by atoms with Crippen molar-refractivity contribution in [3.63, 3.8) is 0 Å². The SMILES string of the molecule is CC(C)c1cc(C(C)C)c(S(=O)(=O)OCC[C@H](O)COCc2ccccc2)c(C(C)C)c1. The summed E-state index contributed by atoms with van der Waals surface area (Å²) < 4.78 is 37.3. The fraction of sp³-hybridized carbons (Fsp3) is 0.538. The van der Waals surface area contributed by atoms with Crippen LogP contribution in [0.5, 0.6) is 0 Å². The molecule has 6 heteroatoms. The highest BCUT2D eigenvalue weighted by molar-refractivity contribution is 7.86. The maximum absolute atomic E-state index is 13.2. The topological polar surface area (TPSA) is 72.8 Å². The lowest BCUT2D eigenvalue weighted by Crippen LogP contribution is -2.20. The van der Waals surface area contributed by atoms with E-state index in [9.17, 15) is 13.5 Å². The Morgan fingerprint density at radius 1 is 0.875 bits per heavy atom. The monoisotopic (exact) mass is 462 g/mol. The van der Waals surface area contributed by atoms with Crippen LogP contribution in [0.15, 0.2) is 47.4 Å². The first-order valence-corrected chi connectivity index (χ1v) is 12.8. The normalized spacial score (nSPS) is 13.3. The number of aliphatic hydroxyl groups excluding tert-OH is 1. The van der Waals surface area contributed by atoms with Gasteiger partial charge in [0.2, 0.25) is 0 Å². The Kier molecular flexibility index (Phi) is 9.89. The molecule has 0 fully saturated rings. The van der Waals surface area contributed by atoms with Crippen LogP contribution in [0.3, 0.4) is 0 Å². The first-order chi connectivity index (χ1) is 15.0. The average Bonchev–Trinajstić information content (AvgIpc) is 2.73. The van der Waals surface area contributed by atoms with E-state index in [1.165, 1.54) is 0 Å². The minimum Gasteiger partial charge on any atom is -0.391 e. The number of hydrogen-bond acceptors (Lipinski definition) is 5. The third kappa shape index (κ3) is 7.41. The molecule has 0 radical (unpaired) electrons. The Hall–Kier alpha value is -1.73. The summed E-state index contributed by atoms with van der Waals surface area (Å²) in [6.45, 7) is 12.6. The predicted octanol–water partition coefficient (Wildman–Crippen LogP) is 5.73. The fourth-order valence-electron chi connectivity index (χ4n) is 3.50. The predicted molar refractivity (Wildman–Crippen MR) is 129 cm³/mol. The molecule has 178 valence electrons. The maximum atomic E-state index is 13.2. The van der Waals surface area contributed by atoms with Crippen molar-refractivity contribution < 1.29 is 22.4 Å². The second-order valence-corrected chi connectivity index (χ2v) is 10.8. The van der Waals surface area contributed by atoms with Gasteiger partial charge in [-0.05, 0) is 40.0 Å². The Bertz CT molecular complexity index is 920. The highest BCUT2D eigenvalue weighted by Gasteiger charge is 2.28. The molecule has 0 aliphatic carbocycles. The van der Waals surface area contributed by atoms with Crippen molar-refractivity contribution in [1.82, 2.24) is 0 Å². The fourth-order valence-corrected chi connectivity index (χ4v) is 5.10. The van der Waals surface area contributed by atoms with E-state index in [1.54, 1.807) is 0 Å². The lowest BCUT2D eigenvalue weighted by atomic mass is 9.89. The van der Waals surface area contributed by atoms with Crippen LogP contribution >= 0.6 is 0 Å². The van der Waals surface area contributed by atoms with Gasteiger partial charge in [-0.25, -0.2) is 0 Å². The van der Waals surface area contributed by atoms with E-state index in [1.807, 2.05) is 70.2 Å². The van der Waals surface area contributed by atoms with E-state index in [-0.39, 0.29) is 36.4 Å². The zero-order valence-corrected chi connectivity index (χ0v) is 21.0. The van der Waals surface area contributed by atoms with E-state index < -0.39 is 16.2 Å². The molecule has 0 spiro atoms. The molecule has 0 saturated carbocycles. The van der Waals surface area contributed by atoms with E-state index >= 15 is 0 Å². The summed E-state index contributed by atoms with van der Waals surface area (Å²) in [5.74, 6) is 0.377. The van der Waals surface area contributed by atoms with Gasteiger partial charge in [-0.2, -0.15) is 8.42 Å². The van der Waals surface area contributed by atoms with Crippen molar-refractivity contribution in [2.75, 3.05) is 13.2 Å². The standard InChI is InChI=1S/C26H38O5S/c1-18(2)22-14-24(19(3)4)26(25(15-22)20(5)6)32(28,29)31-13-12-23(27)17-30-16-21-10-8-7-9-11-21/h7-11,14-15,18-20,23,27H,12-13,16-17H2,1-6H3/t23-/m0/s1.